The lowest BCUT2D eigenvalue weighted by molar-refractivity contribution is -0.234. The van der Waals surface area contributed by atoms with E-state index in [9.17, 15) is 34.2 Å². The largest absolute Gasteiger partial charge is 0.481 e. The van der Waals surface area contributed by atoms with Crippen molar-refractivity contribution in [1.29, 1.82) is 0 Å². The highest BCUT2D eigenvalue weighted by atomic mass is 16.5. The Bertz CT molecular complexity index is 1670. The molecule has 0 aromatic carbocycles. The van der Waals surface area contributed by atoms with E-state index in [4.69, 9.17) is 9.47 Å². The highest BCUT2D eigenvalue weighted by Crippen LogP contribution is 2.76. The van der Waals surface area contributed by atoms with Crippen LogP contribution in [0.3, 0.4) is 0 Å². The van der Waals surface area contributed by atoms with Gasteiger partial charge < -0.3 is 25.0 Å². The van der Waals surface area contributed by atoms with Gasteiger partial charge in [0.15, 0.2) is 0 Å². The van der Waals surface area contributed by atoms with Crippen LogP contribution < -0.4 is 5.32 Å². The van der Waals surface area contributed by atoms with Gasteiger partial charge in [-0.25, -0.2) is 0 Å². The van der Waals surface area contributed by atoms with Gasteiger partial charge in [-0.15, -0.1) is 0 Å². The summed E-state index contributed by atoms with van der Waals surface area (Å²) in [6, 6.07) is -0.381. The minimum atomic E-state index is -1.24. The Morgan fingerprint density at radius 3 is 1.91 bits per heavy atom. The van der Waals surface area contributed by atoms with Crippen molar-refractivity contribution >= 4 is 29.8 Å². The minimum Gasteiger partial charge on any atom is -0.481 e. The van der Waals surface area contributed by atoms with Crippen LogP contribution in [0.2, 0.25) is 0 Å². The van der Waals surface area contributed by atoms with E-state index in [1.165, 1.54) is 19.4 Å². The third-order valence-corrected chi connectivity index (χ3v) is 17.1. The fourth-order valence-electron chi connectivity index (χ4n) is 13.3. The van der Waals surface area contributed by atoms with E-state index in [-0.39, 0.29) is 76.4 Å². The normalized spacial score (nSPS) is 35.8. The number of ether oxygens (including phenoxy) is 2. The molecule has 5 rings (SSSR count). The van der Waals surface area contributed by atoms with Crippen molar-refractivity contribution < 1.29 is 43.7 Å². The first-order chi connectivity index (χ1) is 26.5. The molecule has 0 aliphatic heterocycles. The van der Waals surface area contributed by atoms with Crippen LogP contribution >= 0.6 is 0 Å². The number of hydrogen-bond donors (Lipinski definition) is 3. The zero-order valence-corrected chi connectivity index (χ0v) is 38.2. The molecule has 4 fully saturated rings. The molecule has 0 radical (unpaired) electrons. The van der Waals surface area contributed by atoms with Crippen molar-refractivity contribution in [3.63, 3.8) is 0 Å². The third-order valence-electron chi connectivity index (χ3n) is 17.1. The van der Waals surface area contributed by atoms with E-state index < -0.39 is 40.1 Å². The number of carboxylic acids is 2. The van der Waals surface area contributed by atoms with E-state index in [0.717, 1.165) is 64.2 Å². The van der Waals surface area contributed by atoms with Crippen LogP contribution in [-0.4, -0.2) is 58.8 Å². The summed E-state index contributed by atoms with van der Waals surface area (Å²) in [5.74, 6) is -1.71. The molecule has 0 unspecified atom stereocenters. The van der Waals surface area contributed by atoms with Crippen molar-refractivity contribution in [2.75, 3.05) is 6.61 Å². The molecule has 0 spiro atoms. The van der Waals surface area contributed by atoms with Crippen LogP contribution in [0.4, 0.5) is 0 Å². The lowest BCUT2D eigenvalue weighted by Gasteiger charge is -2.72. The molecule has 0 aromatic rings. The molecule has 0 heterocycles. The highest BCUT2D eigenvalue weighted by molar-refractivity contribution is 5.87. The van der Waals surface area contributed by atoms with E-state index in [0.29, 0.717) is 18.3 Å². The Balaban J connectivity index is 1.39. The monoisotopic (exact) mass is 812 g/mol. The predicted octanol–water partition coefficient (Wildman–Crippen LogP) is 9.78. The predicted molar refractivity (Wildman–Crippen MR) is 223 cm³/mol. The van der Waals surface area contributed by atoms with E-state index in [1.807, 2.05) is 0 Å². The van der Waals surface area contributed by atoms with Gasteiger partial charge in [0, 0.05) is 5.41 Å². The third kappa shape index (κ3) is 8.13. The first kappa shape index (κ1) is 46.2. The molecular weight excluding hydrogens is 735 g/mol. The second-order valence-corrected chi connectivity index (χ2v) is 23.3. The summed E-state index contributed by atoms with van der Waals surface area (Å²) in [7, 11) is 0. The maximum Gasteiger partial charge on any atom is 0.309 e. The van der Waals surface area contributed by atoms with Crippen LogP contribution in [0.5, 0.6) is 0 Å². The molecule has 5 aliphatic carbocycles. The number of rotatable bonds is 13. The smallest absolute Gasteiger partial charge is 0.309 e. The number of carbonyl (C=O) groups is 5. The number of allylic oxidation sites excluding steroid dienone is 1. The topological polar surface area (TPSA) is 156 Å². The number of fused-ring (bicyclic) bond motifs is 7. The summed E-state index contributed by atoms with van der Waals surface area (Å²) in [4.78, 5) is 64.3. The summed E-state index contributed by atoms with van der Waals surface area (Å²) in [5, 5.41) is 22.6. The number of esters is 2. The quantitative estimate of drug-likeness (QED) is 0.122. The van der Waals surface area contributed by atoms with Crippen molar-refractivity contribution in [3.8, 4) is 0 Å². The standard InChI is InChI=1S/C48H77NO9/c1-29(2)24-30(28-57-36(50)26-42(5,6)39(53)54)49-38(52)48-22-20-41(3,4)25-32(48)31-14-15-34-45(11)18-17-35(58-37(51)27-43(7,8)40(55)56)44(9,10)33(45)16-19-47(34,13)46(31,12)21-23-48/h25,29-31,33-35H,14-24,26-28H2,1-13H3,(H,49,52)(H,53,54)(H,55,56)/t30-,31+,33-,34+,35-,45-,46+,47+,48-/m0/s1. The second-order valence-electron chi connectivity index (χ2n) is 23.3. The molecule has 9 atom stereocenters. The van der Waals surface area contributed by atoms with Gasteiger partial charge in [0.25, 0.3) is 0 Å². The lowest BCUT2D eigenvalue weighted by Crippen LogP contribution is -2.66. The van der Waals surface area contributed by atoms with Gasteiger partial charge in [0.1, 0.15) is 12.7 Å². The van der Waals surface area contributed by atoms with Crippen LogP contribution in [0.25, 0.3) is 0 Å². The maximum atomic E-state index is 15.0. The molecule has 328 valence electrons. The fraction of sp³-hybridized carbons (Fsp3) is 0.854. The van der Waals surface area contributed by atoms with Gasteiger partial charge in [0.05, 0.1) is 35.1 Å². The Hall–Kier alpha value is -2.91. The molecule has 0 bridgehead atoms. The first-order valence-electron chi connectivity index (χ1n) is 22.3. The number of amides is 1. The van der Waals surface area contributed by atoms with Crippen LogP contribution in [0, 0.1) is 67.0 Å². The van der Waals surface area contributed by atoms with Gasteiger partial charge in [-0.1, -0.05) is 74.0 Å². The summed E-state index contributed by atoms with van der Waals surface area (Å²) in [6.07, 6.45) is 11.8. The van der Waals surface area contributed by atoms with Crippen molar-refractivity contribution in [2.24, 2.45) is 67.0 Å². The van der Waals surface area contributed by atoms with Gasteiger partial charge in [-0.3, -0.25) is 24.0 Å². The zero-order valence-electron chi connectivity index (χ0n) is 38.2. The summed E-state index contributed by atoms with van der Waals surface area (Å²) < 4.78 is 11.8. The van der Waals surface area contributed by atoms with Gasteiger partial charge >= 0.3 is 23.9 Å². The molecule has 10 nitrogen and oxygen atoms in total. The second kappa shape index (κ2) is 15.5. The Morgan fingerprint density at radius 1 is 0.741 bits per heavy atom. The molecule has 0 saturated heterocycles. The Morgan fingerprint density at radius 2 is 1.33 bits per heavy atom. The van der Waals surface area contributed by atoms with Crippen LogP contribution in [0.1, 0.15) is 173 Å². The summed E-state index contributed by atoms with van der Waals surface area (Å²) >= 11 is 0. The summed E-state index contributed by atoms with van der Waals surface area (Å²) in [5.41, 5.74) is -1.99. The minimum absolute atomic E-state index is 0.0104. The molecular formula is C48H77NO9. The Kier molecular flexibility index (Phi) is 12.4. The Labute approximate surface area is 348 Å². The highest BCUT2D eigenvalue weighted by Gasteiger charge is 2.70. The van der Waals surface area contributed by atoms with Crippen molar-refractivity contribution in [1.82, 2.24) is 5.32 Å². The number of aliphatic carboxylic acids is 2. The molecule has 1 amide bonds. The average Bonchev–Trinajstić information content (AvgIpc) is 3.07. The lowest BCUT2D eigenvalue weighted by atomic mass is 9.32. The number of nitrogens with one attached hydrogen (secondary N) is 1. The summed E-state index contributed by atoms with van der Waals surface area (Å²) in [6.45, 7) is 27.1. The van der Waals surface area contributed by atoms with E-state index in [1.54, 1.807) is 13.8 Å². The van der Waals surface area contributed by atoms with Crippen LogP contribution in [-0.2, 0) is 33.4 Å². The average molecular weight is 812 g/mol. The molecule has 10 heteroatoms. The first-order valence-corrected chi connectivity index (χ1v) is 22.3. The molecule has 0 aromatic heterocycles. The maximum absolute atomic E-state index is 15.0. The molecule has 5 aliphatic rings. The van der Waals surface area contributed by atoms with Gasteiger partial charge in [0.2, 0.25) is 5.91 Å². The fourth-order valence-corrected chi connectivity index (χ4v) is 13.3. The van der Waals surface area contributed by atoms with Crippen molar-refractivity contribution in [2.45, 2.75) is 186 Å². The number of hydrogen-bond acceptors (Lipinski definition) is 7. The van der Waals surface area contributed by atoms with Gasteiger partial charge in [-0.05, 0) is 144 Å². The molecule has 4 saturated carbocycles. The van der Waals surface area contributed by atoms with Crippen molar-refractivity contribution in [3.05, 3.63) is 11.6 Å². The van der Waals surface area contributed by atoms with Crippen LogP contribution in [0.15, 0.2) is 11.6 Å². The van der Waals surface area contributed by atoms with Gasteiger partial charge in [-0.2, -0.15) is 0 Å². The number of carboxylic acid groups (broad SMARTS) is 2. The zero-order chi connectivity index (χ0) is 43.7. The van der Waals surface area contributed by atoms with E-state index in [2.05, 4.69) is 73.7 Å². The SMILES string of the molecule is CC(C)C[C@@H](COC(=O)CC(C)(C)C(=O)O)NC(=O)[C@]12CCC(C)(C)C=C1[C@H]1CC[C@@H]3[C@@]4(C)CC[C@H](OC(=O)CC(C)(C)C(=O)O)C(C)(C)[C@@H]4CC[C@@]3(C)[C@]1(C)CC2. The van der Waals surface area contributed by atoms with E-state index >= 15 is 0 Å². The molecule has 58 heavy (non-hydrogen) atoms. The number of carbonyl (C=O) groups excluding carboxylic acids is 3. The molecule has 3 N–H and O–H groups in total.